The molecular formula is C63H72ClN5O6. The number of nitrogens with one attached hydrogen (secondary N) is 1. The van der Waals surface area contributed by atoms with E-state index in [0.717, 1.165) is 54.2 Å². The van der Waals surface area contributed by atoms with Crippen LogP contribution in [-0.2, 0) is 28.7 Å². The normalized spacial score (nSPS) is 20.7. The second kappa shape index (κ2) is 29.1. The molecule has 6 atom stereocenters. The minimum atomic E-state index is -0.566. The quantitative estimate of drug-likeness (QED) is 0.126. The van der Waals surface area contributed by atoms with Crippen molar-refractivity contribution < 1.29 is 28.7 Å². The number of ether oxygens (including phenoxy) is 2. The van der Waals surface area contributed by atoms with E-state index < -0.39 is 23.9 Å². The highest BCUT2D eigenvalue weighted by Crippen LogP contribution is 2.36. The highest BCUT2D eigenvalue weighted by molar-refractivity contribution is 5.92. The van der Waals surface area contributed by atoms with Crippen molar-refractivity contribution in [1.82, 2.24) is 20.0 Å². The average Bonchev–Trinajstić information content (AvgIpc) is 4.32. The molecule has 4 aliphatic heterocycles. The third-order valence-electron chi connectivity index (χ3n) is 14.7. The maximum absolute atomic E-state index is 14.1. The number of carbonyl (C=O) groups excluding carboxylic acids is 4. The van der Waals surface area contributed by atoms with Crippen LogP contribution in [0.1, 0.15) is 96.6 Å². The molecule has 1 N–H and O–H groups in total. The number of nitriles is 1. The first-order valence-corrected chi connectivity index (χ1v) is 26.0. The molecule has 0 aromatic heterocycles. The molecule has 4 fully saturated rings. The van der Waals surface area contributed by atoms with Crippen LogP contribution in [0.3, 0.4) is 0 Å². The number of hydrogen-bond donors (Lipinski definition) is 1. The number of rotatable bonds is 11. The van der Waals surface area contributed by atoms with Gasteiger partial charge in [0.25, 0.3) is 0 Å². The number of likely N-dealkylation sites (tertiary alicyclic amines) is 3. The molecule has 0 radical (unpaired) electrons. The van der Waals surface area contributed by atoms with Crippen molar-refractivity contribution >= 4 is 36.2 Å². The van der Waals surface area contributed by atoms with Crippen molar-refractivity contribution in [2.24, 2.45) is 5.92 Å². The van der Waals surface area contributed by atoms with Crippen molar-refractivity contribution in [3.8, 4) is 6.07 Å². The third-order valence-corrected chi connectivity index (χ3v) is 14.7. The van der Waals surface area contributed by atoms with Gasteiger partial charge in [0.2, 0.25) is 11.8 Å². The second-order valence-corrected chi connectivity index (χ2v) is 19.5. The van der Waals surface area contributed by atoms with Crippen LogP contribution in [0.5, 0.6) is 0 Å². The predicted octanol–water partition coefficient (Wildman–Crippen LogP) is 10.4. The topological polar surface area (TPSA) is 132 Å². The van der Waals surface area contributed by atoms with Crippen molar-refractivity contribution in [2.75, 3.05) is 53.5 Å². The van der Waals surface area contributed by atoms with E-state index in [2.05, 4.69) is 71.7 Å². The highest BCUT2D eigenvalue weighted by Gasteiger charge is 2.46. The minimum Gasteiger partial charge on any atom is -0.467 e. The van der Waals surface area contributed by atoms with E-state index >= 15 is 0 Å². The summed E-state index contributed by atoms with van der Waals surface area (Å²) in [6.45, 7) is 8.87. The zero-order valence-electron chi connectivity index (χ0n) is 43.7. The molecule has 0 saturated carbocycles. The summed E-state index contributed by atoms with van der Waals surface area (Å²) in [5, 5.41) is 10.7. The summed E-state index contributed by atoms with van der Waals surface area (Å²) >= 11 is 0. The number of nitrogens with zero attached hydrogens (tertiary/aromatic N) is 4. The van der Waals surface area contributed by atoms with Crippen LogP contribution in [0.2, 0.25) is 0 Å². The van der Waals surface area contributed by atoms with Crippen LogP contribution >= 0.6 is 12.4 Å². The van der Waals surface area contributed by atoms with E-state index in [1.165, 1.54) is 45.2 Å². The van der Waals surface area contributed by atoms with Crippen LogP contribution < -0.4 is 5.32 Å². The van der Waals surface area contributed by atoms with Gasteiger partial charge in [-0.15, -0.1) is 12.4 Å². The fourth-order valence-electron chi connectivity index (χ4n) is 11.0. The number of hydrogen-bond acceptors (Lipinski definition) is 9. The lowest BCUT2D eigenvalue weighted by molar-refractivity contribution is -0.151. The first-order valence-electron chi connectivity index (χ1n) is 26.0. The molecule has 0 bridgehead atoms. The Kier molecular flexibility index (Phi) is 22.2. The lowest BCUT2D eigenvalue weighted by Crippen LogP contribution is -2.44. The Labute approximate surface area is 450 Å². The summed E-state index contributed by atoms with van der Waals surface area (Å²) in [5.74, 6) is -0.109. The highest BCUT2D eigenvalue weighted by atomic mass is 35.5. The Morgan fingerprint density at radius 2 is 0.920 bits per heavy atom. The first kappa shape index (κ1) is 57.2. The zero-order valence-corrected chi connectivity index (χ0v) is 44.5. The van der Waals surface area contributed by atoms with Gasteiger partial charge in [-0.2, -0.15) is 5.26 Å². The monoisotopic (exact) mass is 1030 g/mol. The molecule has 11 nitrogen and oxygen atoms in total. The Balaban J connectivity index is 0.000000198. The van der Waals surface area contributed by atoms with E-state index in [1.807, 2.05) is 127 Å². The summed E-state index contributed by atoms with van der Waals surface area (Å²) in [4.78, 5) is 58.5. The van der Waals surface area contributed by atoms with Gasteiger partial charge in [0, 0.05) is 39.1 Å². The maximum atomic E-state index is 14.1. The van der Waals surface area contributed by atoms with E-state index in [1.54, 1.807) is 15.9 Å². The largest absolute Gasteiger partial charge is 0.467 e. The molecule has 0 aliphatic carbocycles. The van der Waals surface area contributed by atoms with Crippen LogP contribution in [0.4, 0.5) is 0 Å². The number of benzene rings is 6. The third kappa shape index (κ3) is 15.0. The van der Waals surface area contributed by atoms with Gasteiger partial charge in [0.1, 0.15) is 12.1 Å². The number of esters is 2. The smallest absolute Gasteiger partial charge is 0.328 e. The lowest BCUT2D eigenvalue weighted by Gasteiger charge is -2.28. The second-order valence-electron chi connectivity index (χ2n) is 19.5. The number of carbonyl (C=O) groups is 4. The maximum Gasteiger partial charge on any atom is 0.328 e. The van der Waals surface area contributed by atoms with Gasteiger partial charge in [-0.3, -0.25) is 14.5 Å². The molecule has 4 saturated heterocycles. The fraction of sp³-hybridized carbons (Fsp3) is 0.349. The summed E-state index contributed by atoms with van der Waals surface area (Å²) < 4.78 is 10.1. The minimum absolute atomic E-state index is 0. The number of methoxy groups -OCH3 is 2. The molecular weight excluding hydrogens is 958 g/mol. The molecule has 0 unspecified atom stereocenters. The molecule has 10 rings (SSSR count). The Hall–Kier alpha value is -7.10. The van der Waals surface area contributed by atoms with E-state index in [-0.39, 0.29) is 48.1 Å². The van der Waals surface area contributed by atoms with Crippen molar-refractivity contribution in [1.29, 1.82) is 5.26 Å². The van der Waals surface area contributed by atoms with Crippen molar-refractivity contribution in [2.45, 2.75) is 81.3 Å². The van der Waals surface area contributed by atoms with Gasteiger partial charge in [-0.05, 0) is 89.9 Å². The molecule has 6 aromatic rings. The van der Waals surface area contributed by atoms with Gasteiger partial charge in [-0.25, -0.2) is 9.59 Å². The molecule has 6 aromatic carbocycles. The van der Waals surface area contributed by atoms with Gasteiger partial charge in [-0.1, -0.05) is 189 Å². The van der Waals surface area contributed by atoms with Crippen LogP contribution in [-0.4, -0.2) is 110 Å². The van der Waals surface area contributed by atoms with Crippen molar-refractivity contribution in [3.05, 3.63) is 215 Å². The molecule has 2 amide bonds. The molecule has 4 heterocycles. The zero-order chi connectivity index (χ0) is 52.2. The summed E-state index contributed by atoms with van der Waals surface area (Å²) in [5.41, 5.74) is 6.57. The average molecular weight is 1030 g/mol. The van der Waals surface area contributed by atoms with Crippen LogP contribution in [0.25, 0.3) is 0 Å². The van der Waals surface area contributed by atoms with Crippen molar-refractivity contribution in [3.63, 3.8) is 0 Å². The van der Waals surface area contributed by atoms with E-state index in [0.29, 0.717) is 31.8 Å². The van der Waals surface area contributed by atoms with Crippen LogP contribution in [0, 0.1) is 17.2 Å². The van der Waals surface area contributed by atoms with Crippen LogP contribution in [0.15, 0.2) is 182 Å². The van der Waals surface area contributed by atoms with Gasteiger partial charge in [0.05, 0.1) is 32.1 Å². The van der Waals surface area contributed by atoms with Gasteiger partial charge in [0.15, 0.2) is 0 Å². The van der Waals surface area contributed by atoms with Gasteiger partial charge < -0.3 is 24.6 Å². The first-order chi connectivity index (χ1) is 36.1. The number of amides is 2. The molecule has 0 spiro atoms. The predicted molar refractivity (Wildman–Crippen MR) is 297 cm³/mol. The summed E-state index contributed by atoms with van der Waals surface area (Å²) in [6, 6.07) is 61.3. The van der Waals surface area contributed by atoms with Gasteiger partial charge >= 0.3 is 11.9 Å². The number of halogens is 1. The Morgan fingerprint density at radius 3 is 1.31 bits per heavy atom. The SMILES string of the molecule is CC#N.COC(=O)[C@@H]1C[C@@H](C)CN1C(=O)C(c1ccccc1)c1ccccc1.COC(=O)[C@@H]1C[C@H](N2CC[C@H](c3ccccc3)C2)CN1C(=O)C(c1ccccc1)c1ccccc1.Cl.c1ccc([C@H]2CCNC2)cc1. The van der Waals surface area contributed by atoms with E-state index in [4.69, 9.17) is 14.7 Å². The molecule has 12 heteroatoms. The standard InChI is InChI=1S/C30H32N2O3.C21H23NO3.C10H13N.C2H3N.ClH/c1-35-30(34)27-19-26(31-18-17-25(20-31)22-11-5-2-6-12-22)21-32(27)29(33)28(23-13-7-3-8-14-23)24-15-9-4-10-16-24;1-15-13-18(21(24)25-2)22(14-15)20(23)19(16-9-5-3-6-10-16)17-11-7-4-8-12-17;1-2-4-9(5-3-1)10-6-7-11-8-10;1-2-3;/h2-16,25-28H,17-21H2,1H3;3-12,15,18-19H,13-14H2,1-2H3;1-5,10-11H,6-8H2;1H3;1H/t25-,26-,27-;15-,18+;10-;;/m010../s1. The molecule has 392 valence electrons. The fourth-order valence-corrected chi connectivity index (χ4v) is 11.0. The summed E-state index contributed by atoms with van der Waals surface area (Å²) in [7, 11) is 2.78. The summed E-state index contributed by atoms with van der Waals surface area (Å²) in [6.07, 6.45) is 3.64. The lowest BCUT2D eigenvalue weighted by atomic mass is 9.90. The Morgan fingerprint density at radius 1 is 0.547 bits per heavy atom. The van der Waals surface area contributed by atoms with E-state index in [9.17, 15) is 19.2 Å². The Bertz CT molecular complexity index is 2630. The molecule has 4 aliphatic rings. The molecule has 75 heavy (non-hydrogen) atoms.